The van der Waals surface area contributed by atoms with Gasteiger partial charge >= 0.3 is 0 Å². The minimum absolute atomic E-state index is 0.0455. The first kappa shape index (κ1) is 25.5. The Hall–Kier alpha value is -4.15. The summed E-state index contributed by atoms with van der Waals surface area (Å²) >= 11 is 0. The Balaban J connectivity index is 1.28. The van der Waals surface area contributed by atoms with Gasteiger partial charge in [-0.25, -0.2) is 4.68 Å². The second-order valence-electron chi connectivity index (χ2n) is 9.40. The minimum atomic E-state index is -0.648. The molecule has 198 valence electrons. The topological polar surface area (TPSA) is 129 Å². The van der Waals surface area contributed by atoms with Crippen LogP contribution in [0.1, 0.15) is 22.8 Å². The van der Waals surface area contributed by atoms with Crippen molar-refractivity contribution in [1.29, 1.82) is 0 Å². The molecule has 1 aromatic heterocycles. The summed E-state index contributed by atoms with van der Waals surface area (Å²) in [5.41, 5.74) is 13.4. The van der Waals surface area contributed by atoms with Crippen LogP contribution in [0.3, 0.4) is 0 Å². The molecule has 0 spiro atoms. The zero-order valence-corrected chi connectivity index (χ0v) is 21.2. The molecule has 0 unspecified atom stereocenters. The standard InChI is InChI=1S/C28H32N6O4/c29-27-25(28(30)36)26(20-8-10-23(11-9-20)38-22-5-2-1-3-6-22)31-34(27)21-12-14-33(19-21)24(35)7-4-13-32-15-17-37-18-16-32/h1-11,21H,12-19,29H2,(H2,30,36)/t21-/m1/s1. The number of hydrogen-bond acceptors (Lipinski definition) is 7. The first-order valence-corrected chi connectivity index (χ1v) is 12.8. The molecular weight excluding hydrogens is 484 g/mol. The molecule has 5 rings (SSSR count). The van der Waals surface area contributed by atoms with Crippen LogP contribution in [0.4, 0.5) is 5.82 Å². The van der Waals surface area contributed by atoms with Gasteiger partial charge in [-0.1, -0.05) is 24.3 Å². The number of morpholine rings is 1. The molecule has 2 saturated heterocycles. The Morgan fingerprint density at radius 3 is 2.45 bits per heavy atom. The normalized spacial score (nSPS) is 18.2. The van der Waals surface area contributed by atoms with Crippen molar-refractivity contribution in [1.82, 2.24) is 19.6 Å². The Morgan fingerprint density at radius 1 is 1.03 bits per heavy atom. The van der Waals surface area contributed by atoms with Crippen LogP contribution in [0, 0.1) is 0 Å². The van der Waals surface area contributed by atoms with E-state index in [9.17, 15) is 9.59 Å². The quantitative estimate of drug-likeness (QED) is 0.441. The lowest BCUT2D eigenvalue weighted by Crippen LogP contribution is -2.36. The highest BCUT2D eigenvalue weighted by atomic mass is 16.5. The van der Waals surface area contributed by atoms with E-state index in [0.717, 1.165) is 38.6 Å². The molecule has 2 aliphatic heterocycles. The number of amides is 2. The fraction of sp³-hybridized carbons (Fsp3) is 0.321. The molecule has 2 fully saturated rings. The number of anilines is 1. The van der Waals surface area contributed by atoms with Crippen molar-refractivity contribution >= 4 is 17.6 Å². The molecule has 0 saturated carbocycles. The number of carbonyl (C=O) groups excluding carboxylic acids is 2. The predicted molar refractivity (Wildman–Crippen MR) is 144 cm³/mol. The third-order valence-corrected chi connectivity index (χ3v) is 6.85. The second kappa shape index (κ2) is 11.5. The number of carbonyl (C=O) groups is 2. The number of primary amides is 1. The SMILES string of the molecule is NC(=O)c1c(-c2ccc(Oc3ccccc3)cc2)nn([C@@H]2CCN(C(=O)C=CCN3CCOCC3)C2)c1N. The molecule has 2 aliphatic rings. The molecule has 0 bridgehead atoms. The number of nitrogens with two attached hydrogens (primary N) is 2. The van der Waals surface area contributed by atoms with E-state index >= 15 is 0 Å². The molecular formula is C28H32N6O4. The number of ether oxygens (including phenoxy) is 2. The summed E-state index contributed by atoms with van der Waals surface area (Å²) in [5, 5.41) is 4.69. The summed E-state index contributed by atoms with van der Waals surface area (Å²) in [4.78, 5) is 29.1. The van der Waals surface area contributed by atoms with Gasteiger partial charge in [-0.05, 0) is 42.8 Å². The van der Waals surface area contributed by atoms with Crippen LogP contribution in [0.25, 0.3) is 11.3 Å². The van der Waals surface area contributed by atoms with Gasteiger partial charge in [0.1, 0.15) is 28.6 Å². The third-order valence-electron chi connectivity index (χ3n) is 6.85. The maximum absolute atomic E-state index is 12.8. The van der Waals surface area contributed by atoms with Crippen molar-refractivity contribution in [2.45, 2.75) is 12.5 Å². The van der Waals surface area contributed by atoms with Crippen molar-refractivity contribution < 1.29 is 19.1 Å². The average Bonchev–Trinajstić information content (AvgIpc) is 3.55. The van der Waals surface area contributed by atoms with Crippen LogP contribution < -0.4 is 16.2 Å². The summed E-state index contributed by atoms with van der Waals surface area (Å²) in [6.07, 6.45) is 4.21. The largest absolute Gasteiger partial charge is 0.457 e. The number of rotatable bonds is 8. The summed E-state index contributed by atoms with van der Waals surface area (Å²) < 4.78 is 12.9. The zero-order chi connectivity index (χ0) is 26.5. The number of aromatic nitrogens is 2. The van der Waals surface area contributed by atoms with Gasteiger partial charge < -0.3 is 25.8 Å². The lowest BCUT2D eigenvalue weighted by atomic mass is 10.1. The lowest BCUT2D eigenvalue weighted by Gasteiger charge is -2.25. The number of nitrogens with zero attached hydrogens (tertiary/aromatic N) is 4. The van der Waals surface area contributed by atoms with Gasteiger partial charge in [0.15, 0.2) is 0 Å². The van der Waals surface area contributed by atoms with Gasteiger partial charge in [0.25, 0.3) is 5.91 Å². The maximum atomic E-state index is 12.8. The Kier molecular flexibility index (Phi) is 7.71. The molecule has 10 heteroatoms. The number of benzene rings is 2. The minimum Gasteiger partial charge on any atom is -0.457 e. The van der Waals surface area contributed by atoms with Crippen molar-refractivity contribution in [2.24, 2.45) is 5.73 Å². The monoisotopic (exact) mass is 516 g/mol. The Labute approximate surface area is 221 Å². The predicted octanol–water partition coefficient (Wildman–Crippen LogP) is 2.69. The highest BCUT2D eigenvalue weighted by Crippen LogP contribution is 2.33. The number of likely N-dealkylation sites (tertiary alicyclic amines) is 1. The van der Waals surface area contributed by atoms with Crippen molar-refractivity contribution in [3.8, 4) is 22.8 Å². The molecule has 0 radical (unpaired) electrons. The lowest BCUT2D eigenvalue weighted by molar-refractivity contribution is -0.125. The van der Waals surface area contributed by atoms with Crippen LogP contribution in [0.2, 0.25) is 0 Å². The van der Waals surface area contributed by atoms with Gasteiger partial charge in [-0.3, -0.25) is 14.5 Å². The number of para-hydroxylation sites is 1. The molecule has 2 aromatic carbocycles. The zero-order valence-electron chi connectivity index (χ0n) is 21.2. The summed E-state index contributed by atoms with van der Waals surface area (Å²) in [7, 11) is 0. The first-order chi connectivity index (χ1) is 18.5. The highest BCUT2D eigenvalue weighted by Gasteiger charge is 2.31. The first-order valence-electron chi connectivity index (χ1n) is 12.8. The van der Waals surface area contributed by atoms with E-state index in [4.69, 9.17) is 20.9 Å². The maximum Gasteiger partial charge on any atom is 0.254 e. The van der Waals surface area contributed by atoms with Gasteiger partial charge in [-0.15, -0.1) is 0 Å². The molecule has 3 aromatic rings. The summed E-state index contributed by atoms with van der Waals surface area (Å²) in [6.45, 7) is 4.94. The fourth-order valence-electron chi connectivity index (χ4n) is 4.81. The molecule has 3 heterocycles. The van der Waals surface area contributed by atoms with Crippen LogP contribution >= 0.6 is 0 Å². The fourth-order valence-corrected chi connectivity index (χ4v) is 4.81. The van der Waals surface area contributed by atoms with E-state index in [2.05, 4.69) is 10.00 Å². The van der Waals surface area contributed by atoms with E-state index in [1.54, 1.807) is 15.7 Å². The molecule has 0 aliphatic carbocycles. The van der Waals surface area contributed by atoms with Crippen LogP contribution in [0.5, 0.6) is 11.5 Å². The van der Waals surface area contributed by atoms with Gasteiger partial charge in [0.2, 0.25) is 5.91 Å². The molecule has 4 N–H and O–H groups in total. The Bertz CT molecular complexity index is 1300. The van der Waals surface area contributed by atoms with Gasteiger partial charge in [0.05, 0.1) is 19.3 Å². The smallest absolute Gasteiger partial charge is 0.254 e. The third kappa shape index (κ3) is 5.71. The molecule has 1 atom stereocenters. The molecule has 38 heavy (non-hydrogen) atoms. The molecule has 10 nitrogen and oxygen atoms in total. The molecule has 2 amide bonds. The van der Waals surface area contributed by atoms with Crippen LogP contribution in [-0.2, 0) is 9.53 Å². The van der Waals surface area contributed by atoms with Gasteiger partial charge in [-0.2, -0.15) is 5.10 Å². The Morgan fingerprint density at radius 2 is 1.74 bits per heavy atom. The highest BCUT2D eigenvalue weighted by molar-refractivity contribution is 6.03. The van der Waals surface area contributed by atoms with Crippen LogP contribution in [-0.4, -0.2) is 77.3 Å². The van der Waals surface area contributed by atoms with Crippen molar-refractivity contribution in [3.05, 3.63) is 72.3 Å². The van der Waals surface area contributed by atoms with E-state index in [1.165, 1.54) is 0 Å². The van der Waals surface area contributed by atoms with Crippen LogP contribution in [0.15, 0.2) is 66.7 Å². The van der Waals surface area contributed by atoms with Gasteiger partial charge in [0, 0.05) is 44.4 Å². The van der Waals surface area contributed by atoms with Crippen molar-refractivity contribution in [2.75, 3.05) is 51.7 Å². The number of nitrogen functional groups attached to an aromatic ring is 1. The summed E-state index contributed by atoms with van der Waals surface area (Å²) in [5.74, 6) is 0.892. The summed E-state index contributed by atoms with van der Waals surface area (Å²) in [6, 6.07) is 16.6. The van der Waals surface area contributed by atoms with E-state index < -0.39 is 5.91 Å². The van der Waals surface area contributed by atoms with Crippen molar-refractivity contribution in [3.63, 3.8) is 0 Å². The number of hydrogen-bond donors (Lipinski definition) is 2. The average molecular weight is 517 g/mol. The second-order valence-corrected chi connectivity index (χ2v) is 9.40. The van der Waals surface area contributed by atoms with E-state index in [0.29, 0.717) is 36.5 Å². The van der Waals surface area contributed by atoms with E-state index in [1.807, 2.05) is 60.7 Å². The van der Waals surface area contributed by atoms with E-state index in [-0.39, 0.29) is 23.3 Å².